The second kappa shape index (κ2) is 5.36. The van der Waals surface area contributed by atoms with Gasteiger partial charge in [0.05, 0.1) is 5.69 Å². The third-order valence-corrected chi connectivity index (χ3v) is 5.89. The molecule has 0 bridgehead atoms. The minimum Gasteiger partial charge on any atom is -0.289 e. The van der Waals surface area contributed by atoms with E-state index in [1.807, 2.05) is 29.1 Å². The topological polar surface area (TPSA) is 34.9 Å². The van der Waals surface area contributed by atoms with Crippen LogP contribution < -0.4 is 5.43 Å². The molecule has 0 N–H and O–H groups in total. The van der Waals surface area contributed by atoms with Crippen molar-refractivity contribution in [3.05, 3.63) is 57.3 Å². The molecule has 0 radical (unpaired) electrons. The summed E-state index contributed by atoms with van der Waals surface area (Å²) >= 11 is 1.79. The Kier molecular flexibility index (Phi) is 3.34. The average molecular weight is 310 g/mol. The van der Waals surface area contributed by atoms with Gasteiger partial charge in [0.25, 0.3) is 0 Å². The number of aromatic nitrogens is 2. The van der Waals surface area contributed by atoms with Crippen molar-refractivity contribution in [3.8, 4) is 5.69 Å². The molecule has 22 heavy (non-hydrogen) atoms. The van der Waals surface area contributed by atoms with Crippen molar-refractivity contribution in [1.82, 2.24) is 9.78 Å². The smallest absolute Gasteiger partial charge is 0.191 e. The summed E-state index contributed by atoms with van der Waals surface area (Å²) in [7, 11) is 0. The van der Waals surface area contributed by atoms with Gasteiger partial charge in [-0.3, -0.25) is 4.79 Å². The number of nitrogens with zero attached hydrogens (tertiary/aromatic N) is 2. The van der Waals surface area contributed by atoms with Gasteiger partial charge < -0.3 is 0 Å². The minimum absolute atomic E-state index is 0.241. The molecule has 0 spiro atoms. The Morgan fingerprint density at radius 3 is 3.09 bits per heavy atom. The van der Waals surface area contributed by atoms with Crippen LogP contribution in [0.2, 0.25) is 0 Å². The molecular weight excluding hydrogens is 292 g/mol. The van der Waals surface area contributed by atoms with Crippen LogP contribution in [0.5, 0.6) is 0 Å². The van der Waals surface area contributed by atoms with Crippen molar-refractivity contribution in [2.45, 2.75) is 32.6 Å². The van der Waals surface area contributed by atoms with Crippen molar-refractivity contribution < 1.29 is 0 Å². The Morgan fingerprint density at radius 2 is 2.32 bits per heavy atom. The Labute approximate surface area is 133 Å². The number of hydrogen-bond acceptors (Lipinski definition) is 3. The third-order valence-electron chi connectivity index (χ3n) is 4.68. The predicted molar refractivity (Wildman–Crippen MR) is 91.0 cm³/mol. The van der Waals surface area contributed by atoms with Gasteiger partial charge in [-0.15, -0.1) is 11.3 Å². The molecule has 0 fully saturated rings. The molecule has 3 nitrogen and oxygen atoms in total. The molecule has 112 valence electrons. The molecule has 2 aromatic heterocycles. The first-order valence-corrected chi connectivity index (χ1v) is 8.66. The van der Waals surface area contributed by atoms with E-state index in [0.717, 1.165) is 46.5 Å². The van der Waals surface area contributed by atoms with E-state index in [4.69, 9.17) is 0 Å². The van der Waals surface area contributed by atoms with Crippen LogP contribution in [0.1, 0.15) is 30.2 Å². The van der Waals surface area contributed by atoms with Crippen LogP contribution in [0.4, 0.5) is 0 Å². The molecule has 4 rings (SSSR count). The maximum Gasteiger partial charge on any atom is 0.191 e. The van der Waals surface area contributed by atoms with E-state index < -0.39 is 0 Å². The van der Waals surface area contributed by atoms with E-state index in [9.17, 15) is 4.79 Å². The first-order chi connectivity index (χ1) is 10.8. The molecule has 3 aromatic rings. The fourth-order valence-corrected chi connectivity index (χ4v) is 4.66. The highest BCUT2D eigenvalue weighted by atomic mass is 32.1. The Hall–Kier alpha value is -1.94. The van der Waals surface area contributed by atoms with Gasteiger partial charge in [0.2, 0.25) is 0 Å². The number of fused-ring (bicyclic) bond motifs is 2. The molecule has 4 heteroatoms. The van der Waals surface area contributed by atoms with Crippen LogP contribution in [0, 0.1) is 5.92 Å². The molecule has 1 aliphatic rings. The Bertz CT molecular complexity index is 880. The molecule has 1 unspecified atom stereocenters. The van der Waals surface area contributed by atoms with Gasteiger partial charge >= 0.3 is 0 Å². The maximum absolute atomic E-state index is 12.8. The standard InChI is InChI=1S/C18H18N2OS/c1-2-12-4-6-14-16(10-12)22-17-11-13(20-9-3-8-19-20)5-7-15(17)18(14)21/h3,5,7-9,11-12H,2,4,6,10H2,1H3. The van der Waals surface area contributed by atoms with Crippen LogP contribution >= 0.6 is 11.3 Å². The van der Waals surface area contributed by atoms with E-state index in [2.05, 4.69) is 18.1 Å². The summed E-state index contributed by atoms with van der Waals surface area (Å²) in [5.74, 6) is 0.731. The second-order valence-corrected chi connectivity index (χ2v) is 7.12. The summed E-state index contributed by atoms with van der Waals surface area (Å²) in [6.45, 7) is 2.25. The van der Waals surface area contributed by atoms with Gasteiger partial charge in [0, 0.05) is 32.9 Å². The molecule has 2 heterocycles. The molecule has 1 atom stereocenters. The zero-order valence-corrected chi connectivity index (χ0v) is 13.4. The normalized spacial score (nSPS) is 17.6. The van der Waals surface area contributed by atoms with Crippen LogP contribution in [0.3, 0.4) is 0 Å². The van der Waals surface area contributed by atoms with Crippen LogP contribution in [-0.2, 0) is 12.8 Å². The monoisotopic (exact) mass is 310 g/mol. The summed E-state index contributed by atoms with van der Waals surface area (Å²) in [5.41, 5.74) is 2.32. The highest BCUT2D eigenvalue weighted by Crippen LogP contribution is 2.32. The minimum atomic E-state index is 0.241. The van der Waals surface area contributed by atoms with Gasteiger partial charge in [-0.05, 0) is 49.4 Å². The summed E-state index contributed by atoms with van der Waals surface area (Å²) in [4.78, 5) is 14.0. The van der Waals surface area contributed by atoms with Gasteiger partial charge in [-0.25, -0.2) is 4.68 Å². The fourth-order valence-electron chi connectivity index (χ4n) is 3.31. The number of hydrogen-bond donors (Lipinski definition) is 0. The quantitative estimate of drug-likeness (QED) is 0.718. The molecule has 0 saturated carbocycles. The zero-order valence-electron chi connectivity index (χ0n) is 12.6. The molecule has 1 aliphatic carbocycles. The molecule has 0 aliphatic heterocycles. The van der Waals surface area contributed by atoms with Crippen molar-refractivity contribution >= 4 is 21.4 Å². The van der Waals surface area contributed by atoms with E-state index >= 15 is 0 Å². The molecule has 1 aromatic carbocycles. The number of rotatable bonds is 2. The fraction of sp³-hybridized carbons (Fsp3) is 0.333. The predicted octanol–water partition coefficient (Wildman–Crippen LogP) is 3.96. The third kappa shape index (κ3) is 2.18. The van der Waals surface area contributed by atoms with Crippen molar-refractivity contribution in [1.29, 1.82) is 0 Å². The lowest BCUT2D eigenvalue weighted by Crippen LogP contribution is -2.20. The van der Waals surface area contributed by atoms with Crippen molar-refractivity contribution in [3.63, 3.8) is 0 Å². The first-order valence-electron chi connectivity index (χ1n) is 7.85. The Balaban J connectivity index is 1.89. The second-order valence-electron chi connectivity index (χ2n) is 5.98. The summed E-state index contributed by atoms with van der Waals surface area (Å²) in [6, 6.07) is 7.93. The summed E-state index contributed by atoms with van der Waals surface area (Å²) < 4.78 is 2.92. The summed E-state index contributed by atoms with van der Waals surface area (Å²) in [6.07, 6.45) is 8.06. The zero-order chi connectivity index (χ0) is 15.1. The highest BCUT2D eigenvalue weighted by molar-refractivity contribution is 7.18. The van der Waals surface area contributed by atoms with Crippen molar-refractivity contribution in [2.75, 3.05) is 0 Å². The van der Waals surface area contributed by atoms with E-state index in [1.54, 1.807) is 17.5 Å². The van der Waals surface area contributed by atoms with Gasteiger partial charge in [0.1, 0.15) is 0 Å². The van der Waals surface area contributed by atoms with Gasteiger partial charge in [-0.1, -0.05) is 13.3 Å². The van der Waals surface area contributed by atoms with E-state index in [-0.39, 0.29) is 5.43 Å². The van der Waals surface area contributed by atoms with E-state index in [1.165, 1.54) is 11.3 Å². The summed E-state index contributed by atoms with van der Waals surface area (Å²) in [5, 5.41) is 5.13. The van der Waals surface area contributed by atoms with Crippen molar-refractivity contribution in [2.24, 2.45) is 5.92 Å². The number of benzene rings is 1. The molecule has 0 saturated heterocycles. The average Bonchev–Trinajstić information content (AvgIpc) is 3.08. The molecule has 0 amide bonds. The molecular formula is C18H18N2OS. The lowest BCUT2D eigenvalue weighted by Gasteiger charge is -2.22. The lowest BCUT2D eigenvalue weighted by molar-refractivity contribution is 0.448. The lowest BCUT2D eigenvalue weighted by atomic mass is 9.87. The SMILES string of the molecule is CCC1CCc2c(sc3cc(-n4cccn4)ccc3c2=O)C1. The van der Waals surface area contributed by atoms with Crippen LogP contribution in [-0.4, -0.2) is 9.78 Å². The van der Waals surface area contributed by atoms with E-state index in [0.29, 0.717) is 0 Å². The highest BCUT2D eigenvalue weighted by Gasteiger charge is 2.21. The van der Waals surface area contributed by atoms with Crippen LogP contribution in [0.15, 0.2) is 41.5 Å². The van der Waals surface area contributed by atoms with Gasteiger partial charge in [-0.2, -0.15) is 5.10 Å². The van der Waals surface area contributed by atoms with Gasteiger partial charge in [0.15, 0.2) is 5.43 Å². The van der Waals surface area contributed by atoms with Crippen LogP contribution in [0.25, 0.3) is 15.8 Å². The largest absolute Gasteiger partial charge is 0.289 e. The Morgan fingerprint density at radius 1 is 1.41 bits per heavy atom. The maximum atomic E-state index is 12.8. The first kappa shape index (κ1) is 13.7.